The first-order valence-electron chi connectivity index (χ1n) is 13.8. The Balaban J connectivity index is 1.32. The molecular weight excluding hydrogens is 462 g/mol. The first kappa shape index (κ1) is 26.8. The van der Waals surface area contributed by atoms with Gasteiger partial charge in [0, 0.05) is 37.9 Å². The van der Waals surface area contributed by atoms with E-state index in [1.54, 1.807) is 6.07 Å². The second kappa shape index (κ2) is 12.8. The predicted octanol–water partition coefficient (Wildman–Crippen LogP) is 6.01. The van der Waals surface area contributed by atoms with Gasteiger partial charge in [0.15, 0.2) is 5.76 Å². The van der Waals surface area contributed by atoms with Crippen LogP contribution in [0.2, 0.25) is 0 Å². The van der Waals surface area contributed by atoms with E-state index in [0.29, 0.717) is 37.1 Å². The summed E-state index contributed by atoms with van der Waals surface area (Å²) in [4.78, 5) is 29.7. The van der Waals surface area contributed by atoms with E-state index in [-0.39, 0.29) is 11.8 Å². The molecule has 0 saturated carbocycles. The SMILES string of the molecule is CCCN(Cc1cccn1Cc1ccc(C(=O)N2CCC(Cc3ccccc3)CC2)o1)C(=O)CC(C)C. The number of carbonyl (C=O) groups is 2. The van der Waals surface area contributed by atoms with Gasteiger partial charge in [0.05, 0.1) is 13.1 Å². The van der Waals surface area contributed by atoms with Gasteiger partial charge in [-0.3, -0.25) is 9.59 Å². The summed E-state index contributed by atoms with van der Waals surface area (Å²) < 4.78 is 8.11. The molecule has 2 amide bonds. The van der Waals surface area contributed by atoms with Gasteiger partial charge in [-0.05, 0) is 67.3 Å². The lowest BCUT2D eigenvalue weighted by Crippen LogP contribution is -2.38. The largest absolute Gasteiger partial charge is 0.454 e. The lowest BCUT2D eigenvalue weighted by atomic mass is 9.90. The fraction of sp³-hybridized carbons (Fsp3) is 0.484. The van der Waals surface area contributed by atoms with Gasteiger partial charge in [0.1, 0.15) is 5.76 Å². The molecule has 1 fully saturated rings. The molecule has 0 unspecified atom stereocenters. The van der Waals surface area contributed by atoms with Crippen LogP contribution in [-0.2, 0) is 24.3 Å². The van der Waals surface area contributed by atoms with Crippen LogP contribution in [0.3, 0.4) is 0 Å². The molecule has 37 heavy (non-hydrogen) atoms. The summed E-state index contributed by atoms with van der Waals surface area (Å²) in [6.07, 6.45) is 6.61. The fourth-order valence-corrected chi connectivity index (χ4v) is 5.17. The third kappa shape index (κ3) is 7.37. The normalized spacial score (nSPS) is 14.3. The summed E-state index contributed by atoms with van der Waals surface area (Å²) in [6.45, 7) is 9.66. The highest BCUT2D eigenvalue weighted by molar-refractivity contribution is 5.91. The molecule has 3 heterocycles. The smallest absolute Gasteiger partial charge is 0.289 e. The second-order valence-corrected chi connectivity index (χ2v) is 10.7. The molecule has 0 radical (unpaired) electrons. The van der Waals surface area contributed by atoms with Crippen LogP contribution in [0.25, 0.3) is 0 Å². The molecule has 0 bridgehead atoms. The van der Waals surface area contributed by atoms with Gasteiger partial charge in [0.2, 0.25) is 5.91 Å². The van der Waals surface area contributed by atoms with Crippen LogP contribution in [0, 0.1) is 11.8 Å². The highest BCUT2D eigenvalue weighted by Crippen LogP contribution is 2.24. The van der Waals surface area contributed by atoms with Crippen molar-refractivity contribution in [3.05, 3.63) is 83.6 Å². The van der Waals surface area contributed by atoms with Crippen LogP contribution in [0.1, 0.15) is 74.0 Å². The molecule has 0 atom stereocenters. The quantitative estimate of drug-likeness (QED) is 0.322. The summed E-state index contributed by atoms with van der Waals surface area (Å²) in [5.74, 6) is 2.28. The summed E-state index contributed by atoms with van der Waals surface area (Å²) in [7, 11) is 0. The number of piperidine rings is 1. The van der Waals surface area contributed by atoms with Crippen LogP contribution in [0.15, 0.2) is 65.2 Å². The topological polar surface area (TPSA) is 58.7 Å². The van der Waals surface area contributed by atoms with E-state index in [1.807, 2.05) is 28.1 Å². The maximum Gasteiger partial charge on any atom is 0.289 e. The summed E-state index contributed by atoms with van der Waals surface area (Å²) in [5.41, 5.74) is 2.43. The monoisotopic (exact) mass is 503 g/mol. The van der Waals surface area contributed by atoms with E-state index in [9.17, 15) is 9.59 Å². The number of likely N-dealkylation sites (tertiary alicyclic amines) is 1. The van der Waals surface area contributed by atoms with E-state index in [2.05, 4.69) is 61.7 Å². The Morgan fingerprint density at radius 1 is 1.03 bits per heavy atom. The Morgan fingerprint density at radius 2 is 1.78 bits per heavy atom. The summed E-state index contributed by atoms with van der Waals surface area (Å²) in [5, 5.41) is 0. The van der Waals surface area contributed by atoms with Crippen molar-refractivity contribution in [3.63, 3.8) is 0 Å². The average Bonchev–Trinajstić information content (AvgIpc) is 3.54. The number of carbonyl (C=O) groups excluding carboxylic acids is 2. The van der Waals surface area contributed by atoms with Crippen molar-refractivity contribution in [3.8, 4) is 0 Å². The number of aromatic nitrogens is 1. The zero-order chi connectivity index (χ0) is 26.2. The van der Waals surface area contributed by atoms with Crippen molar-refractivity contribution >= 4 is 11.8 Å². The van der Waals surface area contributed by atoms with Crippen molar-refractivity contribution in [1.29, 1.82) is 0 Å². The minimum absolute atomic E-state index is 0.0226. The minimum Gasteiger partial charge on any atom is -0.454 e. The van der Waals surface area contributed by atoms with Crippen LogP contribution in [-0.4, -0.2) is 45.8 Å². The highest BCUT2D eigenvalue weighted by atomic mass is 16.4. The lowest BCUT2D eigenvalue weighted by Gasteiger charge is -2.31. The zero-order valence-corrected chi connectivity index (χ0v) is 22.6. The van der Waals surface area contributed by atoms with E-state index < -0.39 is 0 Å². The second-order valence-electron chi connectivity index (χ2n) is 10.7. The van der Waals surface area contributed by atoms with Crippen LogP contribution >= 0.6 is 0 Å². The van der Waals surface area contributed by atoms with Gasteiger partial charge in [-0.1, -0.05) is 51.1 Å². The molecule has 3 aromatic rings. The van der Waals surface area contributed by atoms with E-state index in [1.165, 1.54) is 5.56 Å². The highest BCUT2D eigenvalue weighted by Gasteiger charge is 2.26. The Labute approximate surface area is 221 Å². The Kier molecular flexibility index (Phi) is 9.26. The van der Waals surface area contributed by atoms with Crippen LogP contribution in [0.5, 0.6) is 0 Å². The zero-order valence-electron chi connectivity index (χ0n) is 22.6. The molecule has 1 aliphatic heterocycles. The molecular formula is C31H41N3O3. The van der Waals surface area contributed by atoms with Crippen LogP contribution in [0.4, 0.5) is 0 Å². The van der Waals surface area contributed by atoms with Crippen molar-refractivity contribution in [1.82, 2.24) is 14.4 Å². The number of nitrogens with zero attached hydrogens (tertiary/aromatic N) is 3. The molecule has 0 N–H and O–H groups in total. The Bertz CT molecular complexity index is 1140. The molecule has 0 aliphatic carbocycles. The predicted molar refractivity (Wildman–Crippen MR) is 146 cm³/mol. The van der Waals surface area contributed by atoms with Crippen LogP contribution < -0.4 is 0 Å². The first-order chi connectivity index (χ1) is 17.9. The first-order valence-corrected chi connectivity index (χ1v) is 13.8. The number of amides is 2. The van der Waals surface area contributed by atoms with Gasteiger partial charge in [-0.2, -0.15) is 0 Å². The van der Waals surface area contributed by atoms with E-state index in [4.69, 9.17) is 4.42 Å². The van der Waals surface area contributed by atoms with Crippen molar-refractivity contribution < 1.29 is 14.0 Å². The third-order valence-corrected chi connectivity index (χ3v) is 7.17. The van der Waals surface area contributed by atoms with Gasteiger partial charge < -0.3 is 18.8 Å². The van der Waals surface area contributed by atoms with Gasteiger partial charge in [-0.25, -0.2) is 0 Å². The maximum absolute atomic E-state index is 13.1. The van der Waals surface area contributed by atoms with Gasteiger partial charge in [0.25, 0.3) is 5.91 Å². The Hall–Kier alpha value is -3.28. The lowest BCUT2D eigenvalue weighted by molar-refractivity contribution is -0.132. The number of hydrogen-bond acceptors (Lipinski definition) is 3. The molecule has 1 aliphatic rings. The Morgan fingerprint density at radius 3 is 2.49 bits per heavy atom. The molecule has 198 valence electrons. The number of furan rings is 1. The third-order valence-electron chi connectivity index (χ3n) is 7.17. The molecule has 4 rings (SSSR count). The van der Waals surface area contributed by atoms with Gasteiger partial charge in [-0.15, -0.1) is 0 Å². The number of hydrogen-bond donors (Lipinski definition) is 0. The maximum atomic E-state index is 13.1. The van der Waals surface area contributed by atoms with E-state index >= 15 is 0 Å². The molecule has 6 nitrogen and oxygen atoms in total. The minimum atomic E-state index is -0.0226. The average molecular weight is 504 g/mol. The standard InChI is InChI=1S/C31H41N3O3/c1-4-16-34(30(35)20-24(2)3)22-27-11-8-17-33(27)23-28-12-13-29(37-28)31(36)32-18-14-26(15-19-32)21-25-9-6-5-7-10-25/h5-13,17,24,26H,4,14-16,18-23H2,1-3H3. The van der Waals surface area contributed by atoms with Gasteiger partial charge >= 0.3 is 0 Å². The van der Waals surface area contributed by atoms with Crippen molar-refractivity contribution in [2.24, 2.45) is 11.8 Å². The number of rotatable bonds is 11. The molecule has 2 aromatic heterocycles. The summed E-state index contributed by atoms with van der Waals surface area (Å²) in [6, 6.07) is 18.3. The molecule has 1 saturated heterocycles. The van der Waals surface area contributed by atoms with Crippen molar-refractivity contribution in [2.45, 2.75) is 66.0 Å². The number of benzene rings is 1. The fourth-order valence-electron chi connectivity index (χ4n) is 5.17. The van der Waals surface area contributed by atoms with Crippen molar-refractivity contribution in [2.75, 3.05) is 19.6 Å². The molecule has 1 aromatic carbocycles. The summed E-state index contributed by atoms with van der Waals surface area (Å²) >= 11 is 0. The molecule has 0 spiro atoms. The molecule has 6 heteroatoms. The van der Waals surface area contributed by atoms with E-state index in [0.717, 1.165) is 56.8 Å².